The molecular formula is C14H20N2S2. The van der Waals surface area contributed by atoms with Crippen LogP contribution in [0.4, 0.5) is 0 Å². The van der Waals surface area contributed by atoms with E-state index in [9.17, 15) is 0 Å². The zero-order valence-electron chi connectivity index (χ0n) is 10.5. The van der Waals surface area contributed by atoms with E-state index in [2.05, 4.69) is 40.5 Å². The van der Waals surface area contributed by atoms with E-state index >= 15 is 0 Å². The van der Waals surface area contributed by atoms with Crippen molar-refractivity contribution in [2.75, 3.05) is 0 Å². The molecule has 2 aromatic rings. The molecule has 3 N–H and O–H groups in total. The van der Waals surface area contributed by atoms with Crippen molar-refractivity contribution in [2.45, 2.75) is 38.1 Å². The molecule has 2 heterocycles. The number of nitrogens with two attached hydrogens (primary N) is 1. The summed E-state index contributed by atoms with van der Waals surface area (Å²) >= 11 is 3.67. The van der Waals surface area contributed by atoms with Gasteiger partial charge in [-0.2, -0.15) is 0 Å². The van der Waals surface area contributed by atoms with Crippen molar-refractivity contribution < 1.29 is 0 Å². The Kier molecular flexibility index (Phi) is 5.87. The molecule has 0 saturated heterocycles. The fourth-order valence-electron chi connectivity index (χ4n) is 2.06. The summed E-state index contributed by atoms with van der Waals surface area (Å²) in [6.07, 6.45) is 5.79. The molecule has 0 saturated carbocycles. The lowest BCUT2D eigenvalue weighted by atomic mass is 10.0. The van der Waals surface area contributed by atoms with E-state index in [-0.39, 0.29) is 0 Å². The molecule has 1 atom stereocenters. The van der Waals surface area contributed by atoms with Crippen LogP contribution >= 0.6 is 22.7 Å². The molecule has 0 bridgehead atoms. The Hall–Kier alpha value is -0.680. The topological polar surface area (TPSA) is 38.0 Å². The standard InChI is InChI=1S/C14H20N2S2/c15-16-12(8-9-14-7-3-11-18-14)4-1-5-13-6-2-10-17-13/h2-3,6-7,10-12,16H,1,4-5,8-9,15H2. The first-order valence-electron chi connectivity index (χ1n) is 6.39. The van der Waals surface area contributed by atoms with Crippen LogP contribution in [0.25, 0.3) is 0 Å². The van der Waals surface area contributed by atoms with E-state index in [1.807, 2.05) is 22.7 Å². The number of rotatable bonds is 8. The van der Waals surface area contributed by atoms with Crippen molar-refractivity contribution in [3.8, 4) is 0 Å². The van der Waals surface area contributed by atoms with Crippen LogP contribution in [0.15, 0.2) is 35.0 Å². The van der Waals surface area contributed by atoms with E-state index in [4.69, 9.17) is 5.84 Å². The van der Waals surface area contributed by atoms with Gasteiger partial charge in [-0.1, -0.05) is 12.1 Å². The molecule has 0 aliphatic heterocycles. The molecule has 2 aromatic heterocycles. The van der Waals surface area contributed by atoms with Crippen LogP contribution in [0.3, 0.4) is 0 Å². The quantitative estimate of drug-likeness (QED) is 0.573. The van der Waals surface area contributed by atoms with Crippen molar-refractivity contribution in [3.05, 3.63) is 44.8 Å². The van der Waals surface area contributed by atoms with Gasteiger partial charge in [0.1, 0.15) is 0 Å². The summed E-state index contributed by atoms with van der Waals surface area (Å²) in [5, 5.41) is 4.28. The van der Waals surface area contributed by atoms with Gasteiger partial charge in [0.05, 0.1) is 0 Å². The van der Waals surface area contributed by atoms with Crippen LogP contribution in [0.5, 0.6) is 0 Å². The summed E-state index contributed by atoms with van der Waals surface area (Å²) in [6.45, 7) is 0. The van der Waals surface area contributed by atoms with Crippen molar-refractivity contribution >= 4 is 22.7 Å². The van der Waals surface area contributed by atoms with Gasteiger partial charge in [0, 0.05) is 15.8 Å². The molecule has 2 nitrogen and oxygen atoms in total. The summed E-state index contributed by atoms with van der Waals surface area (Å²) < 4.78 is 0. The minimum atomic E-state index is 0.437. The second-order valence-electron chi connectivity index (χ2n) is 4.45. The predicted octanol–water partition coefficient (Wildman–Crippen LogP) is 3.60. The number of hydrogen-bond donors (Lipinski definition) is 2. The van der Waals surface area contributed by atoms with Crippen molar-refractivity contribution in [3.63, 3.8) is 0 Å². The fraction of sp³-hybridized carbons (Fsp3) is 0.429. The van der Waals surface area contributed by atoms with Crippen LogP contribution in [0.1, 0.15) is 29.0 Å². The molecule has 0 aromatic carbocycles. The van der Waals surface area contributed by atoms with Crippen molar-refractivity contribution in [1.29, 1.82) is 0 Å². The van der Waals surface area contributed by atoms with Gasteiger partial charge in [-0.05, 0) is 55.0 Å². The monoisotopic (exact) mass is 280 g/mol. The molecular weight excluding hydrogens is 260 g/mol. The third-order valence-corrected chi connectivity index (χ3v) is 4.98. The van der Waals surface area contributed by atoms with Crippen LogP contribution in [0, 0.1) is 0 Å². The molecule has 0 amide bonds. The van der Waals surface area contributed by atoms with E-state index in [0.29, 0.717) is 6.04 Å². The summed E-state index contributed by atoms with van der Waals surface area (Å²) in [5.41, 5.74) is 2.95. The zero-order chi connectivity index (χ0) is 12.6. The van der Waals surface area contributed by atoms with Crippen LogP contribution in [0.2, 0.25) is 0 Å². The summed E-state index contributed by atoms with van der Waals surface area (Å²) in [6, 6.07) is 9.08. The van der Waals surface area contributed by atoms with Crippen LogP contribution in [-0.4, -0.2) is 6.04 Å². The zero-order valence-corrected chi connectivity index (χ0v) is 12.1. The first-order chi connectivity index (χ1) is 8.88. The third kappa shape index (κ3) is 4.53. The molecule has 0 fully saturated rings. The van der Waals surface area contributed by atoms with E-state index in [1.54, 1.807) is 0 Å². The van der Waals surface area contributed by atoms with Crippen molar-refractivity contribution in [2.24, 2.45) is 5.84 Å². The molecule has 0 aliphatic rings. The van der Waals surface area contributed by atoms with Gasteiger partial charge in [-0.25, -0.2) is 0 Å². The van der Waals surface area contributed by atoms with E-state index < -0.39 is 0 Å². The first kappa shape index (κ1) is 13.7. The maximum atomic E-state index is 5.63. The van der Waals surface area contributed by atoms with Crippen molar-refractivity contribution in [1.82, 2.24) is 5.43 Å². The van der Waals surface area contributed by atoms with Gasteiger partial charge in [0.15, 0.2) is 0 Å². The lowest BCUT2D eigenvalue weighted by Gasteiger charge is -2.14. The number of hydrazine groups is 1. The maximum absolute atomic E-state index is 5.63. The average molecular weight is 280 g/mol. The Bertz CT molecular complexity index is 409. The minimum Gasteiger partial charge on any atom is -0.271 e. The Balaban J connectivity index is 1.65. The largest absolute Gasteiger partial charge is 0.271 e. The Labute approximate surface area is 117 Å². The molecule has 2 rings (SSSR count). The van der Waals surface area contributed by atoms with Gasteiger partial charge in [-0.15, -0.1) is 22.7 Å². The van der Waals surface area contributed by atoms with Gasteiger partial charge < -0.3 is 0 Å². The smallest absolute Gasteiger partial charge is 0.0214 e. The highest BCUT2D eigenvalue weighted by Crippen LogP contribution is 2.16. The van der Waals surface area contributed by atoms with E-state index in [0.717, 1.165) is 19.3 Å². The number of thiophene rings is 2. The van der Waals surface area contributed by atoms with Gasteiger partial charge >= 0.3 is 0 Å². The third-order valence-electron chi connectivity index (χ3n) is 3.11. The Morgan fingerprint density at radius 1 is 1.00 bits per heavy atom. The fourth-order valence-corrected chi connectivity index (χ4v) is 3.54. The highest BCUT2D eigenvalue weighted by atomic mass is 32.1. The number of hydrogen-bond acceptors (Lipinski definition) is 4. The average Bonchev–Trinajstić information content (AvgIpc) is 3.06. The Morgan fingerprint density at radius 3 is 2.22 bits per heavy atom. The first-order valence-corrected chi connectivity index (χ1v) is 8.15. The minimum absolute atomic E-state index is 0.437. The molecule has 98 valence electrons. The summed E-state index contributed by atoms with van der Waals surface area (Å²) in [4.78, 5) is 2.93. The van der Waals surface area contributed by atoms with Gasteiger partial charge in [-0.3, -0.25) is 11.3 Å². The summed E-state index contributed by atoms with van der Waals surface area (Å²) in [7, 11) is 0. The number of aryl methyl sites for hydroxylation is 2. The van der Waals surface area contributed by atoms with E-state index in [1.165, 1.54) is 22.6 Å². The predicted molar refractivity (Wildman–Crippen MR) is 81.0 cm³/mol. The van der Waals surface area contributed by atoms with Crippen LogP contribution < -0.4 is 11.3 Å². The molecule has 0 aliphatic carbocycles. The van der Waals surface area contributed by atoms with Gasteiger partial charge in [0.25, 0.3) is 0 Å². The molecule has 4 heteroatoms. The second kappa shape index (κ2) is 7.69. The highest BCUT2D eigenvalue weighted by molar-refractivity contribution is 7.10. The Morgan fingerprint density at radius 2 is 1.67 bits per heavy atom. The molecule has 18 heavy (non-hydrogen) atoms. The molecule has 1 unspecified atom stereocenters. The normalized spacial score (nSPS) is 12.7. The molecule has 0 radical (unpaired) electrons. The second-order valence-corrected chi connectivity index (χ2v) is 6.52. The molecule has 0 spiro atoms. The highest BCUT2D eigenvalue weighted by Gasteiger charge is 2.07. The van der Waals surface area contributed by atoms with Gasteiger partial charge in [0.2, 0.25) is 0 Å². The SMILES string of the molecule is NNC(CCCc1cccs1)CCc1cccs1. The van der Waals surface area contributed by atoms with Crippen LogP contribution in [-0.2, 0) is 12.8 Å². The lowest BCUT2D eigenvalue weighted by Crippen LogP contribution is -2.35. The summed E-state index contributed by atoms with van der Waals surface area (Å²) in [5.74, 6) is 5.63. The lowest BCUT2D eigenvalue weighted by molar-refractivity contribution is 0.453. The number of nitrogens with one attached hydrogen (secondary N) is 1. The maximum Gasteiger partial charge on any atom is 0.0214 e.